The number of carbonyl (C=O) groups excluding carboxylic acids is 1. The number of aromatic nitrogens is 1. The minimum atomic E-state index is -0.701. The maximum absolute atomic E-state index is 11.9. The minimum Gasteiger partial charge on any atom is -0.491 e. The molecule has 2 rings (SSSR count). The summed E-state index contributed by atoms with van der Waals surface area (Å²) in [5.41, 5.74) is 2.20. The zero-order valence-electron chi connectivity index (χ0n) is 15.1. The summed E-state index contributed by atoms with van der Waals surface area (Å²) in [5.74, 6) is 1.54. The molecule has 0 fully saturated rings. The number of aryl methyl sites for hydroxylation is 3. The summed E-state index contributed by atoms with van der Waals surface area (Å²) in [5, 5.41) is 16.5. The molecule has 0 saturated carbocycles. The predicted molar refractivity (Wildman–Crippen MR) is 94.8 cm³/mol. The smallest absolute Gasteiger partial charge is 0.239 e. The average molecular weight is 347 g/mol. The Kier molecular flexibility index (Phi) is 6.55. The minimum absolute atomic E-state index is 0.131. The lowest BCUT2D eigenvalue weighted by atomic mass is 10.1. The van der Waals surface area contributed by atoms with Gasteiger partial charge < -0.3 is 19.7 Å². The lowest BCUT2D eigenvalue weighted by Crippen LogP contribution is -2.37. The molecule has 0 aliphatic carbocycles. The molecular formula is C18H25N3O4. The number of nitrogens with zero attached hydrogens (tertiary/aromatic N) is 2. The van der Waals surface area contributed by atoms with E-state index in [-0.39, 0.29) is 19.1 Å². The Morgan fingerprint density at radius 2 is 2.12 bits per heavy atom. The third-order valence-corrected chi connectivity index (χ3v) is 3.59. The normalized spacial score (nSPS) is 12.2. The molecule has 0 unspecified atom stereocenters. The van der Waals surface area contributed by atoms with Crippen molar-refractivity contribution in [2.45, 2.75) is 26.9 Å². The average Bonchev–Trinajstić information content (AvgIpc) is 2.90. The lowest BCUT2D eigenvalue weighted by Gasteiger charge is -2.20. The highest BCUT2D eigenvalue weighted by Crippen LogP contribution is 2.18. The first-order valence-electron chi connectivity index (χ1n) is 8.13. The van der Waals surface area contributed by atoms with Crippen molar-refractivity contribution in [2.24, 2.45) is 0 Å². The summed E-state index contributed by atoms with van der Waals surface area (Å²) in [6.07, 6.45) is -0.701. The Morgan fingerprint density at radius 1 is 1.36 bits per heavy atom. The number of aliphatic hydroxyl groups excluding tert-OH is 1. The van der Waals surface area contributed by atoms with Gasteiger partial charge in [0.25, 0.3) is 0 Å². The van der Waals surface area contributed by atoms with E-state index in [0.717, 1.165) is 11.3 Å². The van der Waals surface area contributed by atoms with Gasteiger partial charge in [-0.15, -0.1) is 0 Å². The van der Waals surface area contributed by atoms with Crippen LogP contribution in [-0.4, -0.2) is 53.9 Å². The molecule has 136 valence electrons. The summed E-state index contributed by atoms with van der Waals surface area (Å²) < 4.78 is 10.5. The first-order valence-corrected chi connectivity index (χ1v) is 8.13. The summed E-state index contributed by atoms with van der Waals surface area (Å²) in [7, 11) is 1.76. The number of hydrogen-bond acceptors (Lipinski definition) is 6. The van der Waals surface area contributed by atoms with Gasteiger partial charge in [0.15, 0.2) is 5.82 Å². The molecule has 1 atom stereocenters. The Labute approximate surface area is 147 Å². The molecule has 2 aromatic rings. The van der Waals surface area contributed by atoms with Gasteiger partial charge in [-0.3, -0.25) is 9.69 Å². The number of carbonyl (C=O) groups is 1. The van der Waals surface area contributed by atoms with E-state index >= 15 is 0 Å². The third-order valence-electron chi connectivity index (χ3n) is 3.59. The van der Waals surface area contributed by atoms with Crippen LogP contribution >= 0.6 is 0 Å². The molecule has 0 aliphatic rings. The van der Waals surface area contributed by atoms with Crippen LogP contribution < -0.4 is 10.1 Å². The summed E-state index contributed by atoms with van der Waals surface area (Å²) in [6.45, 7) is 6.35. The van der Waals surface area contributed by atoms with Gasteiger partial charge in [0.05, 0.1) is 6.54 Å². The number of hydrogen-bond donors (Lipinski definition) is 2. The van der Waals surface area contributed by atoms with Gasteiger partial charge >= 0.3 is 0 Å². The van der Waals surface area contributed by atoms with Crippen LogP contribution in [0.5, 0.6) is 5.75 Å². The van der Waals surface area contributed by atoms with Crippen LogP contribution in [0.1, 0.15) is 16.9 Å². The monoisotopic (exact) mass is 347 g/mol. The van der Waals surface area contributed by atoms with Crippen molar-refractivity contribution in [1.29, 1.82) is 0 Å². The molecule has 0 spiro atoms. The van der Waals surface area contributed by atoms with Crippen molar-refractivity contribution in [3.05, 3.63) is 41.2 Å². The summed E-state index contributed by atoms with van der Waals surface area (Å²) in [4.78, 5) is 13.6. The number of amides is 1. The molecule has 7 nitrogen and oxygen atoms in total. The second-order valence-electron chi connectivity index (χ2n) is 6.30. The van der Waals surface area contributed by atoms with Crippen LogP contribution in [0.4, 0.5) is 5.82 Å². The zero-order chi connectivity index (χ0) is 18.4. The van der Waals surface area contributed by atoms with E-state index in [1.54, 1.807) is 24.9 Å². The Bertz CT molecular complexity index is 714. The second-order valence-corrected chi connectivity index (χ2v) is 6.30. The van der Waals surface area contributed by atoms with Crippen LogP contribution in [0.2, 0.25) is 0 Å². The van der Waals surface area contributed by atoms with Gasteiger partial charge in [-0.2, -0.15) is 0 Å². The number of benzene rings is 1. The molecule has 0 aliphatic heterocycles. The largest absolute Gasteiger partial charge is 0.491 e. The Morgan fingerprint density at radius 3 is 2.76 bits per heavy atom. The summed E-state index contributed by atoms with van der Waals surface area (Å²) in [6, 6.07) is 7.54. The second kappa shape index (κ2) is 8.64. The fraction of sp³-hybridized carbons (Fsp3) is 0.444. The number of likely N-dealkylation sites (N-methyl/N-ethyl adjacent to an activating group) is 1. The van der Waals surface area contributed by atoms with E-state index in [4.69, 9.17) is 9.26 Å². The number of anilines is 1. The summed E-state index contributed by atoms with van der Waals surface area (Å²) >= 11 is 0. The van der Waals surface area contributed by atoms with Gasteiger partial charge in [-0.05, 0) is 39.4 Å². The molecule has 1 aromatic carbocycles. The fourth-order valence-corrected chi connectivity index (χ4v) is 2.48. The highest BCUT2D eigenvalue weighted by atomic mass is 16.5. The van der Waals surface area contributed by atoms with Crippen LogP contribution in [0.15, 0.2) is 28.8 Å². The van der Waals surface area contributed by atoms with Crippen LogP contribution in [0.3, 0.4) is 0 Å². The molecule has 2 N–H and O–H groups in total. The molecule has 0 bridgehead atoms. The van der Waals surface area contributed by atoms with E-state index in [1.165, 1.54) is 5.56 Å². The maximum atomic E-state index is 11.9. The number of nitrogens with one attached hydrogen (secondary N) is 1. The molecule has 1 amide bonds. The van der Waals surface area contributed by atoms with Crippen LogP contribution in [-0.2, 0) is 4.79 Å². The molecule has 0 radical (unpaired) electrons. The first kappa shape index (κ1) is 19.0. The standard InChI is InChI=1S/C18H25N3O4/c1-12-5-6-16(13(2)7-12)24-11-15(22)9-21(4)10-18(23)19-17-8-14(3)25-20-17/h5-8,15,22H,9-11H2,1-4H3,(H,19,20,23)/t15-/m1/s1. The number of ether oxygens (including phenoxy) is 1. The Balaban J connectivity index is 1.73. The molecular weight excluding hydrogens is 322 g/mol. The molecule has 1 aromatic heterocycles. The number of aliphatic hydroxyl groups is 1. The molecule has 0 saturated heterocycles. The van der Waals surface area contributed by atoms with Crippen molar-refractivity contribution >= 4 is 11.7 Å². The zero-order valence-corrected chi connectivity index (χ0v) is 15.1. The molecule has 1 heterocycles. The maximum Gasteiger partial charge on any atom is 0.239 e. The van der Waals surface area contributed by atoms with Gasteiger partial charge in [-0.1, -0.05) is 22.9 Å². The van der Waals surface area contributed by atoms with Crippen molar-refractivity contribution in [2.75, 3.05) is 32.1 Å². The van der Waals surface area contributed by atoms with Gasteiger partial charge in [-0.25, -0.2) is 0 Å². The van der Waals surface area contributed by atoms with Crippen molar-refractivity contribution in [3.8, 4) is 5.75 Å². The lowest BCUT2D eigenvalue weighted by molar-refractivity contribution is -0.117. The van der Waals surface area contributed by atoms with Crippen molar-refractivity contribution in [3.63, 3.8) is 0 Å². The predicted octanol–water partition coefficient (Wildman–Crippen LogP) is 1.91. The highest BCUT2D eigenvalue weighted by Gasteiger charge is 2.14. The quantitative estimate of drug-likeness (QED) is 0.758. The van der Waals surface area contributed by atoms with Gasteiger partial charge in [0, 0.05) is 12.6 Å². The van der Waals surface area contributed by atoms with Crippen LogP contribution in [0, 0.1) is 20.8 Å². The van der Waals surface area contributed by atoms with E-state index in [1.807, 2.05) is 32.0 Å². The van der Waals surface area contributed by atoms with Crippen molar-refractivity contribution < 1.29 is 19.2 Å². The topological polar surface area (TPSA) is 87.8 Å². The first-order chi connectivity index (χ1) is 11.8. The Hall–Kier alpha value is -2.38. The number of rotatable bonds is 8. The van der Waals surface area contributed by atoms with E-state index in [2.05, 4.69) is 10.5 Å². The molecule has 25 heavy (non-hydrogen) atoms. The third kappa shape index (κ3) is 6.21. The van der Waals surface area contributed by atoms with Crippen molar-refractivity contribution in [1.82, 2.24) is 10.1 Å². The van der Waals surface area contributed by atoms with E-state index in [0.29, 0.717) is 18.1 Å². The fourth-order valence-electron chi connectivity index (χ4n) is 2.48. The molecule has 7 heteroatoms. The highest BCUT2D eigenvalue weighted by molar-refractivity contribution is 5.91. The SMILES string of the molecule is Cc1ccc(OC[C@H](O)CN(C)CC(=O)Nc2cc(C)on2)c(C)c1. The van der Waals surface area contributed by atoms with E-state index < -0.39 is 6.10 Å². The van der Waals surface area contributed by atoms with E-state index in [9.17, 15) is 9.90 Å². The van der Waals surface area contributed by atoms with Crippen LogP contribution in [0.25, 0.3) is 0 Å². The van der Waals surface area contributed by atoms with Gasteiger partial charge in [0.2, 0.25) is 5.91 Å². The van der Waals surface area contributed by atoms with Gasteiger partial charge in [0.1, 0.15) is 24.2 Å².